The minimum Gasteiger partial charge on any atom is -0.302 e. The first-order chi connectivity index (χ1) is 5.13. The van der Waals surface area contributed by atoms with E-state index in [1.807, 2.05) is 23.9 Å². The van der Waals surface area contributed by atoms with E-state index in [4.69, 9.17) is 4.84 Å². The third-order valence-electron chi connectivity index (χ3n) is 2.68. The molecular weight excluding hydrogens is 158 g/mol. The van der Waals surface area contributed by atoms with Crippen molar-refractivity contribution in [1.82, 2.24) is 5.06 Å². The van der Waals surface area contributed by atoms with Crippen molar-refractivity contribution < 1.29 is 4.84 Å². The van der Waals surface area contributed by atoms with Crippen LogP contribution in [0.25, 0.3) is 0 Å². The Morgan fingerprint density at radius 2 is 2.00 bits per heavy atom. The van der Waals surface area contributed by atoms with Gasteiger partial charge in [0.1, 0.15) is 0 Å². The first-order valence-electron chi connectivity index (χ1n) is 3.99. The van der Waals surface area contributed by atoms with Crippen molar-refractivity contribution in [2.45, 2.75) is 19.4 Å². The maximum atomic E-state index is 5.24. The smallest absolute Gasteiger partial charge is 0.0662 e. The maximum Gasteiger partial charge on any atom is 0.0662 e. The molecule has 0 bridgehead atoms. The van der Waals surface area contributed by atoms with Gasteiger partial charge in [-0.15, -0.1) is 0 Å². The summed E-state index contributed by atoms with van der Waals surface area (Å²) in [7, 11) is 3.77. The molecule has 3 heteroatoms. The Morgan fingerprint density at radius 3 is 2.09 bits per heavy atom. The predicted molar refractivity (Wildman–Crippen MR) is 49.7 cm³/mol. The normalized spacial score (nSPS) is 22.4. The molecule has 0 atom stereocenters. The van der Waals surface area contributed by atoms with Crippen molar-refractivity contribution >= 4 is 11.8 Å². The largest absolute Gasteiger partial charge is 0.302 e. The zero-order chi connectivity index (χ0) is 8.48. The van der Waals surface area contributed by atoms with Crippen molar-refractivity contribution in [2.24, 2.45) is 5.92 Å². The minimum atomic E-state index is 0.305. The summed E-state index contributed by atoms with van der Waals surface area (Å²) in [6.45, 7) is 4.52. The second-order valence-electron chi connectivity index (χ2n) is 3.43. The standard InChI is InChI=1S/C8H17NOS/c1-7(2)8(5-11-6-8)9(3)10-4/h7H,5-6H2,1-4H3. The Bertz CT molecular complexity index is 134. The highest BCUT2D eigenvalue weighted by Crippen LogP contribution is 2.39. The summed E-state index contributed by atoms with van der Waals surface area (Å²) in [4.78, 5) is 5.24. The molecule has 2 nitrogen and oxygen atoms in total. The van der Waals surface area contributed by atoms with Crippen LogP contribution in [0, 0.1) is 5.92 Å². The van der Waals surface area contributed by atoms with Gasteiger partial charge in [-0.2, -0.15) is 16.8 Å². The van der Waals surface area contributed by atoms with E-state index in [0.29, 0.717) is 11.5 Å². The van der Waals surface area contributed by atoms with Gasteiger partial charge in [0.2, 0.25) is 0 Å². The van der Waals surface area contributed by atoms with Crippen molar-refractivity contribution in [3.8, 4) is 0 Å². The molecule has 11 heavy (non-hydrogen) atoms. The van der Waals surface area contributed by atoms with Crippen LogP contribution >= 0.6 is 11.8 Å². The Kier molecular flexibility index (Phi) is 2.84. The van der Waals surface area contributed by atoms with Crippen LogP contribution in [0.3, 0.4) is 0 Å². The van der Waals surface area contributed by atoms with E-state index >= 15 is 0 Å². The lowest BCUT2D eigenvalue weighted by molar-refractivity contribution is -0.185. The number of thioether (sulfide) groups is 1. The van der Waals surface area contributed by atoms with E-state index in [-0.39, 0.29) is 0 Å². The van der Waals surface area contributed by atoms with Gasteiger partial charge in [-0.1, -0.05) is 13.8 Å². The molecule has 0 unspecified atom stereocenters. The van der Waals surface area contributed by atoms with Gasteiger partial charge in [-0.05, 0) is 5.92 Å². The Hall–Kier alpha value is 0.270. The summed E-state index contributed by atoms with van der Waals surface area (Å²) in [6, 6.07) is 0. The SMILES string of the molecule is CON(C)C1(C(C)C)CSC1. The molecule has 0 N–H and O–H groups in total. The average Bonchev–Trinajstić information content (AvgIpc) is 1.84. The second-order valence-corrected chi connectivity index (χ2v) is 4.42. The molecule has 0 spiro atoms. The van der Waals surface area contributed by atoms with Crippen LogP contribution in [0.5, 0.6) is 0 Å². The predicted octanol–water partition coefficient (Wildman–Crippen LogP) is 1.62. The molecule has 0 aromatic heterocycles. The Balaban J connectivity index is 2.59. The lowest BCUT2D eigenvalue weighted by atomic mass is 9.89. The minimum absolute atomic E-state index is 0.305. The van der Waals surface area contributed by atoms with Crippen LogP contribution in [0.1, 0.15) is 13.8 Å². The fourth-order valence-corrected chi connectivity index (χ4v) is 3.02. The lowest BCUT2D eigenvalue weighted by Crippen LogP contribution is -2.59. The van der Waals surface area contributed by atoms with E-state index in [0.717, 1.165) is 0 Å². The highest BCUT2D eigenvalue weighted by Gasteiger charge is 2.44. The van der Waals surface area contributed by atoms with Crippen LogP contribution in [0.4, 0.5) is 0 Å². The third kappa shape index (κ3) is 1.42. The summed E-state index contributed by atoms with van der Waals surface area (Å²) in [5.41, 5.74) is 0.305. The van der Waals surface area contributed by atoms with Gasteiger partial charge in [0.05, 0.1) is 12.6 Å². The molecule has 0 saturated carbocycles. The molecule has 0 aromatic carbocycles. The number of nitrogens with zero attached hydrogens (tertiary/aromatic N) is 1. The van der Waals surface area contributed by atoms with Crippen molar-refractivity contribution in [3.63, 3.8) is 0 Å². The summed E-state index contributed by atoms with van der Waals surface area (Å²) < 4.78 is 0. The summed E-state index contributed by atoms with van der Waals surface area (Å²) in [6.07, 6.45) is 0. The molecule has 0 amide bonds. The lowest BCUT2D eigenvalue weighted by Gasteiger charge is -2.49. The van der Waals surface area contributed by atoms with Crippen LogP contribution in [-0.2, 0) is 4.84 Å². The monoisotopic (exact) mass is 175 g/mol. The fraction of sp³-hybridized carbons (Fsp3) is 1.00. The zero-order valence-electron chi connectivity index (χ0n) is 7.76. The van der Waals surface area contributed by atoms with Gasteiger partial charge in [0, 0.05) is 18.6 Å². The fourth-order valence-electron chi connectivity index (χ4n) is 1.37. The van der Waals surface area contributed by atoms with Gasteiger partial charge in [-0.25, -0.2) is 0 Å². The average molecular weight is 175 g/mol. The van der Waals surface area contributed by atoms with Crippen molar-refractivity contribution in [1.29, 1.82) is 0 Å². The highest BCUT2D eigenvalue weighted by molar-refractivity contribution is 8.00. The number of hydroxylamine groups is 2. The highest BCUT2D eigenvalue weighted by atomic mass is 32.2. The van der Waals surface area contributed by atoms with Gasteiger partial charge in [-0.3, -0.25) is 0 Å². The van der Waals surface area contributed by atoms with Crippen molar-refractivity contribution in [2.75, 3.05) is 25.7 Å². The number of hydrogen-bond donors (Lipinski definition) is 0. The quantitative estimate of drug-likeness (QED) is 0.605. The molecule has 1 fully saturated rings. The topological polar surface area (TPSA) is 12.5 Å². The maximum absolute atomic E-state index is 5.24. The van der Waals surface area contributed by atoms with Crippen LogP contribution in [-0.4, -0.2) is 36.3 Å². The van der Waals surface area contributed by atoms with E-state index in [1.165, 1.54) is 11.5 Å². The van der Waals surface area contributed by atoms with Gasteiger partial charge in [0.15, 0.2) is 0 Å². The van der Waals surface area contributed by atoms with Gasteiger partial charge >= 0.3 is 0 Å². The first-order valence-corrected chi connectivity index (χ1v) is 5.14. The Labute approximate surface area is 73.2 Å². The number of hydrogen-bond acceptors (Lipinski definition) is 3. The zero-order valence-corrected chi connectivity index (χ0v) is 8.57. The third-order valence-corrected chi connectivity index (χ3v) is 4.09. The number of rotatable bonds is 3. The molecule has 0 radical (unpaired) electrons. The van der Waals surface area contributed by atoms with E-state index in [1.54, 1.807) is 7.11 Å². The molecule has 1 saturated heterocycles. The van der Waals surface area contributed by atoms with E-state index in [2.05, 4.69) is 13.8 Å². The summed E-state index contributed by atoms with van der Waals surface area (Å²) in [5.74, 6) is 3.08. The molecule has 66 valence electrons. The van der Waals surface area contributed by atoms with E-state index in [9.17, 15) is 0 Å². The molecule has 1 aliphatic heterocycles. The van der Waals surface area contributed by atoms with Crippen molar-refractivity contribution in [3.05, 3.63) is 0 Å². The van der Waals surface area contributed by atoms with Crippen LogP contribution in [0.15, 0.2) is 0 Å². The molecule has 0 aromatic rings. The second kappa shape index (κ2) is 3.33. The van der Waals surface area contributed by atoms with Gasteiger partial charge < -0.3 is 4.84 Å². The molecule has 1 heterocycles. The van der Waals surface area contributed by atoms with Crippen LogP contribution in [0.2, 0.25) is 0 Å². The molecule has 1 rings (SSSR count). The Morgan fingerprint density at radius 1 is 1.45 bits per heavy atom. The molecular formula is C8H17NOS. The summed E-state index contributed by atoms with van der Waals surface area (Å²) in [5, 5.41) is 2.01. The summed E-state index contributed by atoms with van der Waals surface area (Å²) >= 11 is 1.99. The first kappa shape index (κ1) is 9.36. The molecule has 0 aliphatic carbocycles. The van der Waals surface area contributed by atoms with Gasteiger partial charge in [0.25, 0.3) is 0 Å². The van der Waals surface area contributed by atoms with Crippen LogP contribution < -0.4 is 0 Å². The molecule has 1 aliphatic rings. The van der Waals surface area contributed by atoms with E-state index < -0.39 is 0 Å².